The number of benzene rings is 2. The zero-order valence-corrected chi connectivity index (χ0v) is 19.7. The van der Waals surface area contributed by atoms with E-state index >= 15 is 0 Å². The van der Waals surface area contributed by atoms with Crippen LogP contribution in [0.25, 0.3) is 22.1 Å². The predicted octanol–water partition coefficient (Wildman–Crippen LogP) is 6.99. The molecule has 5 nitrogen and oxygen atoms in total. The first-order valence-electron chi connectivity index (χ1n) is 11.6. The van der Waals surface area contributed by atoms with Crippen molar-refractivity contribution in [1.82, 2.24) is 0 Å². The first-order valence-corrected chi connectivity index (χ1v) is 11.6. The van der Waals surface area contributed by atoms with Crippen molar-refractivity contribution in [3.63, 3.8) is 0 Å². The lowest BCUT2D eigenvalue weighted by atomic mass is 9.89. The Hall–Kier alpha value is -3.34. The molecule has 3 rings (SSSR count). The fourth-order valence-electron chi connectivity index (χ4n) is 3.86. The molecule has 0 aliphatic carbocycles. The molecule has 2 aromatic carbocycles. The molecule has 174 valence electrons. The van der Waals surface area contributed by atoms with Crippen LogP contribution < -0.4 is 10.4 Å². The Morgan fingerprint density at radius 2 is 1.91 bits per heavy atom. The number of unbranched alkanes of at least 4 members (excludes halogenated alkanes) is 2. The van der Waals surface area contributed by atoms with E-state index in [2.05, 4.69) is 32.6 Å². The number of ether oxygens (including phenoxy) is 2. The van der Waals surface area contributed by atoms with Gasteiger partial charge < -0.3 is 13.9 Å². The van der Waals surface area contributed by atoms with Crippen molar-refractivity contribution in [3.05, 3.63) is 76.7 Å². The van der Waals surface area contributed by atoms with Gasteiger partial charge in [0.1, 0.15) is 11.3 Å². The summed E-state index contributed by atoms with van der Waals surface area (Å²) in [4.78, 5) is 24.2. The van der Waals surface area contributed by atoms with Crippen LogP contribution in [0.2, 0.25) is 0 Å². The number of carbonyl (C=O) groups is 1. The highest BCUT2D eigenvalue weighted by Crippen LogP contribution is 2.30. The highest BCUT2D eigenvalue weighted by molar-refractivity contribution is 5.87. The van der Waals surface area contributed by atoms with Crippen LogP contribution in [0.5, 0.6) is 5.75 Å². The van der Waals surface area contributed by atoms with Gasteiger partial charge in [-0.3, -0.25) is 0 Å². The molecule has 0 bridgehead atoms. The average Bonchev–Trinajstić information content (AvgIpc) is 2.81. The maximum absolute atomic E-state index is 12.8. The van der Waals surface area contributed by atoms with Gasteiger partial charge in [0.15, 0.2) is 0 Å². The summed E-state index contributed by atoms with van der Waals surface area (Å²) in [7, 11) is 0. The fraction of sp³-hybridized carbons (Fsp3) is 0.357. The van der Waals surface area contributed by atoms with Crippen LogP contribution in [-0.4, -0.2) is 12.8 Å². The van der Waals surface area contributed by atoms with Crippen LogP contribution >= 0.6 is 0 Å². The van der Waals surface area contributed by atoms with Gasteiger partial charge >= 0.3 is 11.6 Å². The van der Waals surface area contributed by atoms with E-state index in [0.29, 0.717) is 28.4 Å². The number of fused-ring (bicyclic) bond motifs is 1. The molecule has 0 aliphatic rings. The molecule has 0 saturated heterocycles. The number of esters is 1. The van der Waals surface area contributed by atoms with Crippen molar-refractivity contribution in [2.45, 2.75) is 58.8 Å². The molecule has 0 N–H and O–H groups in total. The Morgan fingerprint density at radius 1 is 1.09 bits per heavy atom. The zero-order valence-electron chi connectivity index (χ0n) is 19.7. The Balaban J connectivity index is 1.81. The van der Waals surface area contributed by atoms with Gasteiger partial charge in [-0.25, -0.2) is 9.59 Å². The fourth-order valence-corrected chi connectivity index (χ4v) is 3.86. The lowest BCUT2D eigenvalue weighted by Gasteiger charge is -2.16. The van der Waals surface area contributed by atoms with E-state index in [1.54, 1.807) is 19.1 Å². The van der Waals surface area contributed by atoms with Crippen LogP contribution in [0.3, 0.4) is 0 Å². The molecular weight excluding hydrogens is 416 g/mol. The molecule has 0 fully saturated rings. The molecule has 0 amide bonds. The summed E-state index contributed by atoms with van der Waals surface area (Å²) in [5.41, 5.74) is 2.98. The van der Waals surface area contributed by atoms with Crippen molar-refractivity contribution < 1.29 is 18.7 Å². The van der Waals surface area contributed by atoms with Crippen LogP contribution in [0.15, 0.2) is 69.9 Å². The minimum absolute atomic E-state index is 0.247. The minimum atomic E-state index is -0.523. The quantitative estimate of drug-likeness (QED) is 0.104. The van der Waals surface area contributed by atoms with Crippen molar-refractivity contribution >= 4 is 16.9 Å². The Labute approximate surface area is 195 Å². The van der Waals surface area contributed by atoms with Crippen molar-refractivity contribution in [1.29, 1.82) is 0 Å². The molecule has 5 heteroatoms. The van der Waals surface area contributed by atoms with E-state index in [1.807, 2.05) is 24.3 Å². The van der Waals surface area contributed by atoms with Gasteiger partial charge in [0.05, 0.1) is 5.56 Å². The van der Waals surface area contributed by atoms with Crippen LogP contribution in [0.4, 0.5) is 0 Å². The molecule has 1 aromatic heterocycles. The Bertz CT molecular complexity index is 1170. The lowest BCUT2D eigenvalue weighted by molar-refractivity contribution is -0.145. The maximum Gasteiger partial charge on any atom is 0.344 e. The van der Waals surface area contributed by atoms with E-state index in [4.69, 9.17) is 13.9 Å². The monoisotopic (exact) mass is 448 g/mol. The van der Waals surface area contributed by atoms with Crippen LogP contribution in [0.1, 0.15) is 64.4 Å². The molecule has 1 atom stereocenters. The van der Waals surface area contributed by atoms with E-state index < -0.39 is 11.6 Å². The second-order valence-corrected chi connectivity index (χ2v) is 8.35. The van der Waals surface area contributed by atoms with Crippen molar-refractivity contribution in [3.8, 4) is 16.9 Å². The summed E-state index contributed by atoms with van der Waals surface area (Å²) in [6.07, 6.45) is 5.90. The van der Waals surface area contributed by atoms with Crippen LogP contribution in [-0.2, 0) is 9.53 Å². The molecular formula is C28H32O5. The van der Waals surface area contributed by atoms with E-state index in [9.17, 15) is 9.59 Å². The minimum Gasteiger partial charge on any atom is -0.457 e. The summed E-state index contributed by atoms with van der Waals surface area (Å²) in [5, 5.41) is 0.788. The summed E-state index contributed by atoms with van der Waals surface area (Å²) >= 11 is 0. The second-order valence-electron chi connectivity index (χ2n) is 8.35. The van der Waals surface area contributed by atoms with Crippen LogP contribution in [0, 0.1) is 0 Å². The summed E-state index contributed by atoms with van der Waals surface area (Å²) in [5.74, 6) is 0.403. The third kappa shape index (κ3) is 6.35. The summed E-state index contributed by atoms with van der Waals surface area (Å²) < 4.78 is 16.0. The van der Waals surface area contributed by atoms with Gasteiger partial charge in [0.2, 0.25) is 6.79 Å². The first kappa shape index (κ1) is 24.3. The first-order chi connectivity index (χ1) is 15.9. The summed E-state index contributed by atoms with van der Waals surface area (Å²) in [6, 6.07) is 15.3. The molecule has 33 heavy (non-hydrogen) atoms. The summed E-state index contributed by atoms with van der Waals surface area (Å²) in [6.45, 7) is 9.27. The molecule has 0 radical (unpaired) electrons. The molecule has 0 aliphatic heterocycles. The number of hydrogen-bond donors (Lipinski definition) is 0. The van der Waals surface area contributed by atoms with Crippen molar-refractivity contribution in [2.24, 2.45) is 0 Å². The van der Waals surface area contributed by atoms with Gasteiger partial charge in [0, 0.05) is 17.0 Å². The highest BCUT2D eigenvalue weighted by Gasteiger charge is 2.13. The molecule has 1 heterocycles. The van der Waals surface area contributed by atoms with Gasteiger partial charge in [-0.2, -0.15) is 0 Å². The Kier molecular flexibility index (Phi) is 8.47. The SMILES string of the molecule is C=C(C)C(=O)OCOc1ccc2cc(-c3cccc(C(CC)CCCCC)c3)c(=O)oc2c1. The number of rotatable bonds is 11. The van der Waals surface area contributed by atoms with E-state index in [1.165, 1.54) is 24.8 Å². The van der Waals surface area contributed by atoms with E-state index in [-0.39, 0.29) is 6.79 Å². The third-order valence-corrected chi connectivity index (χ3v) is 5.79. The van der Waals surface area contributed by atoms with Gasteiger partial charge in [-0.05, 0) is 55.0 Å². The normalized spacial score (nSPS) is 11.8. The smallest absolute Gasteiger partial charge is 0.344 e. The molecule has 0 saturated carbocycles. The van der Waals surface area contributed by atoms with E-state index in [0.717, 1.165) is 23.8 Å². The second kappa shape index (κ2) is 11.5. The standard InChI is InChI=1S/C28H32O5/c1-5-7-8-10-20(6-2)21-11-9-12-22(15-21)25-16-23-13-14-24(17-26(23)33-28(25)30)31-18-32-27(29)19(3)4/h9,11-17,20H,3,5-8,10,18H2,1-2,4H3. The maximum atomic E-state index is 12.8. The Morgan fingerprint density at radius 3 is 2.64 bits per heavy atom. The highest BCUT2D eigenvalue weighted by atomic mass is 16.7. The average molecular weight is 449 g/mol. The van der Waals surface area contributed by atoms with Crippen molar-refractivity contribution in [2.75, 3.05) is 6.79 Å². The van der Waals surface area contributed by atoms with Gasteiger partial charge in [-0.15, -0.1) is 0 Å². The number of hydrogen-bond acceptors (Lipinski definition) is 5. The largest absolute Gasteiger partial charge is 0.457 e. The molecule has 1 unspecified atom stereocenters. The predicted molar refractivity (Wildman–Crippen MR) is 131 cm³/mol. The van der Waals surface area contributed by atoms with Gasteiger partial charge in [0.25, 0.3) is 0 Å². The molecule has 0 spiro atoms. The molecule has 3 aromatic rings. The zero-order chi connectivity index (χ0) is 23.8. The van der Waals surface area contributed by atoms with Gasteiger partial charge in [-0.1, -0.05) is 64.0 Å². The third-order valence-electron chi connectivity index (χ3n) is 5.79. The number of carbonyl (C=O) groups excluding carboxylic acids is 1. The topological polar surface area (TPSA) is 65.7 Å². The lowest BCUT2D eigenvalue weighted by Crippen LogP contribution is -2.10.